The summed E-state index contributed by atoms with van der Waals surface area (Å²) in [6.07, 6.45) is 3.16. The lowest BCUT2D eigenvalue weighted by molar-refractivity contribution is 0.297. The summed E-state index contributed by atoms with van der Waals surface area (Å²) in [4.78, 5) is 12.9. The van der Waals surface area contributed by atoms with Gasteiger partial charge in [-0.25, -0.2) is 14.4 Å². The van der Waals surface area contributed by atoms with E-state index in [1.54, 1.807) is 18.5 Å². The highest BCUT2D eigenvalue weighted by Crippen LogP contribution is 2.21. The molecule has 0 fully saturated rings. The molecule has 0 aliphatic rings. The van der Waals surface area contributed by atoms with Crippen LogP contribution in [-0.4, -0.2) is 19.5 Å². The van der Waals surface area contributed by atoms with E-state index in [-0.39, 0.29) is 5.82 Å². The van der Waals surface area contributed by atoms with Gasteiger partial charge < -0.3 is 9.30 Å². The third kappa shape index (κ3) is 3.33. The van der Waals surface area contributed by atoms with Crippen LogP contribution in [0.5, 0.6) is 5.88 Å². The maximum absolute atomic E-state index is 13.0. The van der Waals surface area contributed by atoms with Crippen LogP contribution in [0.4, 0.5) is 4.39 Å². The molecule has 4 rings (SSSR count). The van der Waals surface area contributed by atoms with Crippen LogP contribution in [0.25, 0.3) is 11.2 Å². The molecule has 0 aliphatic heterocycles. The Bertz CT molecular complexity index is 983. The molecule has 2 aromatic heterocycles. The molecule has 0 N–H and O–H groups in total. The lowest BCUT2D eigenvalue weighted by atomic mass is 10.2. The Balaban J connectivity index is 1.58. The summed E-state index contributed by atoms with van der Waals surface area (Å²) in [7, 11) is 0. The molecule has 0 radical (unpaired) electrons. The molecule has 0 saturated heterocycles. The minimum Gasteiger partial charge on any atom is -0.471 e. The first kappa shape index (κ1) is 15.3. The second-order valence-electron chi connectivity index (χ2n) is 5.62. The van der Waals surface area contributed by atoms with Gasteiger partial charge in [-0.1, -0.05) is 42.5 Å². The molecule has 0 bridgehead atoms. The number of rotatable bonds is 5. The fourth-order valence-electron chi connectivity index (χ4n) is 2.59. The van der Waals surface area contributed by atoms with E-state index in [4.69, 9.17) is 4.74 Å². The highest BCUT2D eigenvalue weighted by Gasteiger charge is 2.11. The van der Waals surface area contributed by atoms with E-state index >= 15 is 0 Å². The Morgan fingerprint density at radius 1 is 0.880 bits per heavy atom. The summed E-state index contributed by atoms with van der Waals surface area (Å²) in [5.41, 5.74) is 3.31. The SMILES string of the molecule is Fc1ccc(Cn2cnc3c(OCc4ccccc4)ncnc32)cc1. The van der Waals surface area contributed by atoms with E-state index in [2.05, 4.69) is 15.0 Å². The van der Waals surface area contributed by atoms with Crippen molar-refractivity contribution in [1.82, 2.24) is 19.5 Å². The number of fused-ring (bicyclic) bond motifs is 1. The van der Waals surface area contributed by atoms with Crippen molar-refractivity contribution in [3.8, 4) is 5.88 Å². The van der Waals surface area contributed by atoms with Gasteiger partial charge in [0.2, 0.25) is 5.88 Å². The number of hydrogen-bond acceptors (Lipinski definition) is 4. The fraction of sp³-hybridized carbons (Fsp3) is 0.105. The van der Waals surface area contributed by atoms with Crippen LogP contribution < -0.4 is 4.74 Å². The lowest BCUT2D eigenvalue weighted by Gasteiger charge is -2.06. The van der Waals surface area contributed by atoms with Crippen molar-refractivity contribution < 1.29 is 9.13 Å². The van der Waals surface area contributed by atoms with Gasteiger partial charge in [-0.15, -0.1) is 0 Å². The van der Waals surface area contributed by atoms with Gasteiger partial charge in [0.1, 0.15) is 18.8 Å². The van der Waals surface area contributed by atoms with E-state index < -0.39 is 0 Å². The average molecular weight is 334 g/mol. The summed E-state index contributed by atoms with van der Waals surface area (Å²) >= 11 is 0. The van der Waals surface area contributed by atoms with Crippen LogP contribution in [-0.2, 0) is 13.2 Å². The number of benzene rings is 2. The average Bonchev–Trinajstić information content (AvgIpc) is 3.06. The molecule has 4 aromatic rings. The van der Waals surface area contributed by atoms with Crippen LogP contribution in [0.3, 0.4) is 0 Å². The minimum absolute atomic E-state index is 0.252. The summed E-state index contributed by atoms with van der Waals surface area (Å²) in [5, 5.41) is 0. The molecular formula is C19H15FN4O. The summed E-state index contributed by atoms with van der Waals surface area (Å²) in [5.74, 6) is 0.199. The van der Waals surface area contributed by atoms with Crippen molar-refractivity contribution in [1.29, 1.82) is 0 Å². The zero-order chi connectivity index (χ0) is 17.1. The molecule has 0 amide bonds. The highest BCUT2D eigenvalue weighted by molar-refractivity contribution is 5.76. The van der Waals surface area contributed by atoms with Crippen molar-refractivity contribution in [2.75, 3.05) is 0 Å². The summed E-state index contributed by atoms with van der Waals surface area (Å²) in [6, 6.07) is 16.2. The van der Waals surface area contributed by atoms with Crippen LogP contribution in [0.15, 0.2) is 67.3 Å². The standard InChI is InChI=1S/C19H15FN4O/c20-16-8-6-14(7-9-16)10-24-13-23-17-18(24)21-12-22-19(17)25-11-15-4-2-1-3-5-15/h1-9,12-13H,10-11H2. The van der Waals surface area contributed by atoms with Gasteiger partial charge in [-0.05, 0) is 23.3 Å². The largest absolute Gasteiger partial charge is 0.471 e. The quantitative estimate of drug-likeness (QED) is 0.560. The number of ether oxygens (including phenoxy) is 1. The molecule has 0 spiro atoms. The lowest BCUT2D eigenvalue weighted by Crippen LogP contribution is -2.01. The van der Waals surface area contributed by atoms with E-state index in [9.17, 15) is 4.39 Å². The third-order valence-electron chi connectivity index (χ3n) is 3.85. The zero-order valence-corrected chi connectivity index (χ0v) is 13.3. The molecule has 6 heteroatoms. The van der Waals surface area contributed by atoms with Crippen molar-refractivity contribution >= 4 is 11.2 Å². The maximum Gasteiger partial charge on any atom is 0.245 e. The van der Waals surface area contributed by atoms with E-state index in [1.807, 2.05) is 34.9 Å². The summed E-state index contributed by atoms with van der Waals surface area (Å²) < 4.78 is 20.7. The number of nitrogens with zero attached hydrogens (tertiary/aromatic N) is 4. The number of halogens is 1. The minimum atomic E-state index is -0.252. The van der Waals surface area contributed by atoms with Gasteiger partial charge in [0.25, 0.3) is 0 Å². The Hall–Kier alpha value is -3.28. The number of hydrogen-bond donors (Lipinski definition) is 0. The van der Waals surface area contributed by atoms with Gasteiger partial charge in [0, 0.05) is 0 Å². The molecule has 0 aliphatic carbocycles. The van der Waals surface area contributed by atoms with Crippen LogP contribution in [0.1, 0.15) is 11.1 Å². The second-order valence-corrected chi connectivity index (χ2v) is 5.62. The predicted molar refractivity (Wildman–Crippen MR) is 91.6 cm³/mol. The van der Waals surface area contributed by atoms with Gasteiger partial charge in [-0.3, -0.25) is 0 Å². The topological polar surface area (TPSA) is 52.8 Å². The Labute approximate surface area is 143 Å². The number of aromatic nitrogens is 4. The predicted octanol–water partition coefficient (Wildman–Crippen LogP) is 3.59. The monoisotopic (exact) mass is 334 g/mol. The third-order valence-corrected chi connectivity index (χ3v) is 3.85. The summed E-state index contributed by atoms with van der Waals surface area (Å²) in [6.45, 7) is 0.962. The van der Waals surface area contributed by atoms with Gasteiger partial charge in [0.15, 0.2) is 11.2 Å². The molecule has 5 nitrogen and oxygen atoms in total. The Morgan fingerprint density at radius 3 is 2.48 bits per heavy atom. The molecule has 0 saturated carbocycles. The maximum atomic E-state index is 13.0. The highest BCUT2D eigenvalue weighted by atomic mass is 19.1. The van der Waals surface area contributed by atoms with E-state index in [0.29, 0.717) is 30.2 Å². The molecule has 25 heavy (non-hydrogen) atoms. The second kappa shape index (κ2) is 6.68. The van der Waals surface area contributed by atoms with Crippen LogP contribution >= 0.6 is 0 Å². The fourth-order valence-corrected chi connectivity index (χ4v) is 2.59. The molecule has 0 unspecified atom stereocenters. The van der Waals surface area contributed by atoms with Gasteiger partial charge in [0.05, 0.1) is 12.9 Å². The molecule has 2 aromatic carbocycles. The van der Waals surface area contributed by atoms with Gasteiger partial charge in [-0.2, -0.15) is 4.98 Å². The van der Waals surface area contributed by atoms with Crippen molar-refractivity contribution in [3.05, 3.63) is 84.2 Å². The van der Waals surface area contributed by atoms with Crippen molar-refractivity contribution in [2.45, 2.75) is 13.2 Å². The molecular weight excluding hydrogens is 319 g/mol. The van der Waals surface area contributed by atoms with Crippen LogP contribution in [0.2, 0.25) is 0 Å². The first-order valence-electron chi connectivity index (χ1n) is 7.86. The molecule has 0 atom stereocenters. The van der Waals surface area contributed by atoms with Gasteiger partial charge >= 0.3 is 0 Å². The van der Waals surface area contributed by atoms with E-state index in [0.717, 1.165) is 11.1 Å². The van der Waals surface area contributed by atoms with E-state index in [1.165, 1.54) is 18.5 Å². The zero-order valence-electron chi connectivity index (χ0n) is 13.3. The smallest absolute Gasteiger partial charge is 0.245 e. The van der Waals surface area contributed by atoms with Crippen molar-refractivity contribution in [3.63, 3.8) is 0 Å². The molecule has 124 valence electrons. The molecule has 2 heterocycles. The Kier molecular flexibility index (Phi) is 4.08. The number of imidazole rings is 1. The first-order chi connectivity index (χ1) is 12.3. The Morgan fingerprint density at radius 2 is 1.68 bits per heavy atom. The van der Waals surface area contributed by atoms with Crippen LogP contribution in [0, 0.1) is 5.82 Å². The van der Waals surface area contributed by atoms with Crippen molar-refractivity contribution in [2.24, 2.45) is 0 Å². The normalized spacial score (nSPS) is 10.9. The first-order valence-corrected chi connectivity index (χ1v) is 7.86.